The summed E-state index contributed by atoms with van der Waals surface area (Å²) in [6, 6.07) is 31.7. The molecule has 0 unspecified atom stereocenters. The first-order valence-corrected chi connectivity index (χ1v) is 17.6. The van der Waals surface area contributed by atoms with E-state index >= 15 is 0 Å². The summed E-state index contributed by atoms with van der Waals surface area (Å²) in [4.78, 5) is 19.3. The second-order valence-corrected chi connectivity index (χ2v) is 15.0. The molecule has 7 rings (SSSR count). The number of rotatable bonds is 8. The lowest BCUT2D eigenvalue weighted by atomic mass is 9.73. The van der Waals surface area contributed by atoms with Crippen LogP contribution in [0.15, 0.2) is 109 Å². The predicted molar refractivity (Wildman–Crippen MR) is 209 cm³/mol. The number of pyridine rings is 1. The number of ketones is 1. The standard InChI is InChI=1S/C43H40N2O4.C2H6/c1-42(2,3)25-43(4,5)23-26-15-18-29(19-16-26)49-36-22-34(45-27-11-7-6-8-12-27)38-37-33(30-13-9-10-14-31(30)41(38)48)24-44-40(39(36)37)32-20-17-28(46)21-35(32)47;1-2/h6-22,24,45-47H,23,25H2,1-5H3;1-2H3. The second kappa shape index (κ2) is 13.9. The van der Waals surface area contributed by atoms with Crippen LogP contribution in [0.2, 0.25) is 0 Å². The van der Waals surface area contributed by atoms with Crippen LogP contribution in [0.25, 0.3) is 33.2 Å². The fourth-order valence-corrected chi connectivity index (χ4v) is 7.55. The molecular weight excluding hydrogens is 633 g/mol. The Morgan fingerprint density at radius 1 is 0.725 bits per heavy atom. The minimum atomic E-state index is -0.133. The lowest BCUT2D eigenvalue weighted by Crippen LogP contribution is -2.22. The maximum atomic E-state index is 14.4. The number of benzene rings is 5. The molecule has 1 aromatic heterocycles. The summed E-state index contributed by atoms with van der Waals surface area (Å²) < 4.78 is 6.74. The van der Waals surface area contributed by atoms with Crippen molar-refractivity contribution in [3.8, 4) is 45.4 Å². The molecule has 0 amide bonds. The molecule has 0 saturated carbocycles. The Morgan fingerprint density at radius 2 is 1.39 bits per heavy atom. The van der Waals surface area contributed by atoms with Crippen molar-refractivity contribution in [2.45, 2.75) is 61.3 Å². The summed E-state index contributed by atoms with van der Waals surface area (Å²) >= 11 is 0. The predicted octanol–water partition coefficient (Wildman–Crippen LogP) is 12.1. The van der Waals surface area contributed by atoms with Crippen molar-refractivity contribution < 1.29 is 19.7 Å². The number of aromatic nitrogens is 1. The van der Waals surface area contributed by atoms with E-state index < -0.39 is 0 Å². The maximum Gasteiger partial charge on any atom is 0.196 e. The highest BCUT2D eigenvalue weighted by molar-refractivity contribution is 6.30. The number of hydrogen-bond donors (Lipinski definition) is 3. The minimum absolute atomic E-state index is 0.0651. The summed E-state index contributed by atoms with van der Waals surface area (Å²) in [6.07, 6.45) is 3.78. The van der Waals surface area contributed by atoms with Crippen molar-refractivity contribution in [3.05, 3.63) is 126 Å². The van der Waals surface area contributed by atoms with E-state index in [0.29, 0.717) is 50.3 Å². The van der Waals surface area contributed by atoms with E-state index in [1.807, 2.05) is 86.6 Å². The highest BCUT2D eigenvalue weighted by atomic mass is 16.5. The molecule has 3 N–H and O–H groups in total. The van der Waals surface area contributed by atoms with Crippen molar-refractivity contribution in [1.29, 1.82) is 0 Å². The van der Waals surface area contributed by atoms with Crippen LogP contribution in [-0.2, 0) is 6.42 Å². The normalized spacial score (nSPS) is 12.2. The number of phenolic OH excluding ortho intramolecular Hbond substituents is 2. The van der Waals surface area contributed by atoms with Gasteiger partial charge in [-0.05, 0) is 71.2 Å². The third-order valence-corrected chi connectivity index (χ3v) is 8.94. The highest BCUT2D eigenvalue weighted by Gasteiger charge is 2.32. The number of carbonyl (C=O) groups is 1. The molecule has 0 fully saturated rings. The first kappa shape index (κ1) is 35.2. The first-order valence-electron chi connectivity index (χ1n) is 17.6. The number of carbonyl (C=O) groups excluding carboxylic acids is 1. The van der Waals surface area contributed by atoms with Crippen molar-refractivity contribution in [2.75, 3.05) is 5.32 Å². The maximum absolute atomic E-state index is 14.4. The molecule has 0 atom stereocenters. The number of phenols is 2. The number of anilines is 2. The number of fused-ring (bicyclic) bond motifs is 2. The quantitative estimate of drug-likeness (QED) is 0.148. The van der Waals surface area contributed by atoms with Crippen molar-refractivity contribution in [1.82, 2.24) is 4.98 Å². The smallest absolute Gasteiger partial charge is 0.196 e. The Bertz CT molecular complexity index is 2220. The van der Waals surface area contributed by atoms with Crippen molar-refractivity contribution >= 4 is 27.9 Å². The topological polar surface area (TPSA) is 91.7 Å². The van der Waals surface area contributed by atoms with Crippen LogP contribution >= 0.6 is 0 Å². The van der Waals surface area contributed by atoms with Gasteiger partial charge in [0.2, 0.25) is 0 Å². The van der Waals surface area contributed by atoms with Gasteiger partial charge in [0.1, 0.15) is 23.0 Å². The molecule has 6 heteroatoms. The Kier molecular flexibility index (Phi) is 9.63. The second-order valence-electron chi connectivity index (χ2n) is 15.0. The van der Waals surface area contributed by atoms with Gasteiger partial charge in [0.15, 0.2) is 5.78 Å². The van der Waals surface area contributed by atoms with Gasteiger partial charge in [-0.3, -0.25) is 9.78 Å². The van der Waals surface area contributed by atoms with Crippen LogP contribution in [-0.4, -0.2) is 21.0 Å². The van der Waals surface area contributed by atoms with Crippen LogP contribution in [0.4, 0.5) is 11.4 Å². The van der Waals surface area contributed by atoms with E-state index in [-0.39, 0.29) is 28.1 Å². The van der Waals surface area contributed by atoms with Crippen molar-refractivity contribution in [2.24, 2.45) is 10.8 Å². The molecule has 51 heavy (non-hydrogen) atoms. The molecule has 0 radical (unpaired) electrons. The van der Waals surface area contributed by atoms with Crippen LogP contribution in [0, 0.1) is 10.8 Å². The molecule has 0 spiro atoms. The van der Waals surface area contributed by atoms with Gasteiger partial charge < -0.3 is 20.3 Å². The van der Waals surface area contributed by atoms with E-state index in [9.17, 15) is 15.0 Å². The Balaban J connectivity index is 0.00000220. The summed E-state index contributed by atoms with van der Waals surface area (Å²) in [5.74, 6) is 0.790. The largest absolute Gasteiger partial charge is 0.508 e. The van der Waals surface area contributed by atoms with Gasteiger partial charge >= 0.3 is 0 Å². The van der Waals surface area contributed by atoms with Gasteiger partial charge in [0, 0.05) is 46.1 Å². The van der Waals surface area contributed by atoms with Crippen LogP contribution in [0.1, 0.15) is 76.4 Å². The van der Waals surface area contributed by atoms with E-state index in [1.165, 1.54) is 17.7 Å². The lowest BCUT2D eigenvalue weighted by Gasteiger charge is -2.32. The molecule has 5 aromatic carbocycles. The molecule has 260 valence electrons. The molecule has 0 aliphatic heterocycles. The van der Waals surface area contributed by atoms with Gasteiger partial charge in [-0.15, -0.1) is 0 Å². The molecule has 0 saturated heterocycles. The molecule has 0 bridgehead atoms. The Labute approximate surface area is 300 Å². The Morgan fingerprint density at radius 3 is 2.06 bits per heavy atom. The number of nitrogens with zero attached hydrogens (tertiary/aromatic N) is 1. The average Bonchev–Trinajstić information content (AvgIpc) is 3.08. The zero-order valence-corrected chi connectivity index (χ0v) is 30.5. The molecule has 1 heterocycles. The van der Waals surface area contributed by atoms with Crippen LogP contribution in [0.5, 0.6) is 23.0 Å². The SMILES string of the molecule is CC.CC(C)(C)CC(C)(C)Cc1ccc(Oc2cc(Nc3ccccc3)c3c4c(cnc(-c5ccc(O)cc5O)c24)-c2ccccc2C3=O)cc1. The summed E-state index contributed by atoms with van der Waals surface area (Å²) in [5, 5.41) is 25.9. The summed E-state index contributed by atoms with van der Waals surface area (Å²) in [5.41, 5.74) is 6.51. The molecular formula is C45H46N2O4. The summed E-state index contributed by atoms with van der Waals surface area (Å²) in [6.45, 7) is 15.5. The molecule has 1 aliphatic carbocycles. The molecule has 6 nitrogen and oxygen atoms in total. The molecule has 6 aromatic rings. The average molecular weight is 679 g/mol. The van der Waals surface area contributed by atoms with E-state index in [1.54, 1.807) is 12.3 Å². The fourth-order valence-electron chi connectivity index (χ4n) is 7.55. The van der Waals surface area contributed by atoms with Gasteiger partial charge in [0.25, 0.3) is 0 Å². The first-order chi connectivity index (χ1) is 24.4. The van der Waals surface area contributed by atoms with E-state index in [0.717, 1.165) is 29.7 Å². The Hall–Kier alpha value is -5.62. The highest BCUT2D eigenvalue weighted by Crippen LogP contribution is 2.50. The third kappa shape index (κ3) is 7.32. The lowest BCUT2D eigenvalue weighted by molar-refractivity contribution is 0.104. The van der Waals surface area contributed by atoms with Crippen LogP contribution in [0.3, 0.4) is 0 Å². The molecule has 1 aliphatic rings. The zero-order valence-electron chi connectivity index (χ0n) is 30.5. The number of aromatic hydroxyl groups is 2. The zero-order chi connectivity index (χ0) is 36.5. The minimum Gasteiger partial charge on any atom is -0.508 e. The number of ether oxygens (including phenoxy) is 1. The number of nitrogens with one attached hydrogen (secondary N) is 1. The third-order valence-electron chi connectivity index (χ3n) is 8.94. The van der Waals surface area contributed by atoms with E-state index in [4.69, 9.17) is 9.72 Å². The number of hydrogen-bond acceptors (Lipinski definition) is 6. The van der Waals surface area contributed by atoms with Gasteiger partial charge in [-0.1, -0.05) is 103 Å². The monoisotopic (exact) mass is 678 g/mol. The van der Waals surface area contributed by atoms with E-state index in [2.05, 4.69) is 52.1 Å². The van der Waals surface area contributed by atoms with Gasteiger partial charge in [-0.2, -0.15) is 0 Å². The fraction of sp³-hybridized carbons (Fsp3) is 0.244. The number of para-hydroxylation sites is 1. The van der Waals surface area contributed by atoms with Gasteiger partial charge in [0.05, 0.1) is 22.3 Å². The summed E-state index contributed by atoms with van der Waals surface area (Å²) in [7, 11) is 0. The van der Waals surface area contributed by atoms with Crippen molar-refractivity contribution in [3.63, 3.8) is 0 Å². The van der Waals surface area contributed by atoms with Gasteiger partial charge in [-0.25, -0.2) is 0 Å². The van der Waals surface area contributed by atoms with Crippen LogP contribution < -0.4 is 10.1 Å².